The second-order valence-corrected chi connectivity index (χ2v) is 8.97. The Bertz CT molecular complexity index is 923. The molecule has 4 rings (SSSR count). The SMILES string of the molecule is Cc1cncc(C(=O)Nc2cccc(CN3CCC(C(=O)NC4CCCCC4)C3)c2)c1. The lowest BCUT2D eigenvalue weighted by Crippen LogP contribution is -2.40. The van der Waals surface area contributed by atoms with E-state index in [-0.39, 0.29) is 17.7 Å². The number of hydrogen-bond acceptors (Lipinski definition) is 4. The van der Waals surface area contributed by atoms with E-state index in [9.17, 15) is 9.59 Å². The normalized spacial score (nSPS) is 19.8. The van der Waals surface area contributed by atoms with Gasteiger partial charge in [-0.25, -0.2) is 0 Å². The molecule has 164 valence electrons. The summed E-state index contributed by atoms with van der Waals surface area (Å²) in [4.78, 5) is 31.6. The summed E-state index contributed by atoms with van der Waals surface area (Å²) in [7, 11) is 0. The van der Waals surface area contributed by atoms with Gasteiger partial charge < -0.3 is 10.6 Å². The van der Waals surface area contributed by atoms with Gasteiger partial charge in [-0.3, -0.25) is 19.5 Å². The van der Waals surface area contributed by atoms with Gasteiger partial charge in [0.2, 0.25) is 5.91 Å². The van der Waals surface area contributed by atoms with Crippen molar-refractivity contribution in [3.05, 3.63) is 59.4 Å². The number of aryl methyl sites for hydroxylation is 1. The molecule has 0 spiro atoms. The fraction of sp³-hybridized carbons (Fsp3) is 0.480. The van der Waals surface area contributed by atoms with E-state index in [4.69, 9.17) is 0 Å². The molecule has 1 atom stereocenters. The lowest BCUT2D eigenvalue weighted by molar-refractivity contribution is -0.125. The van der Waals surface area contributed by atoms with Gasteiger partial charge in [-0.15, -0.1) is 0 Å². The predicted octanol–water partition coefficient (Wildman–Crippen LogP) is 3.91. The maximum absolute atomic E-state index is 12.7. The van der Waals surface area contributed by atoms with Gasteiger partial charge in [-0.1, -0.05) is 31.4 Å². The largest absolute Gasteiger partial charge is 0.353 e. The number of nitrogens with one attached hydrogen (secondary N) is 2. The highest BCUT2D eigenvalue weighted by atomic mass is 16.2. The molecule has 31 heavy (non-hydrogen) atoms. The van der Waals surface area contributed by atoms with Crippen LogP contribution in [0, 0.1) is 12.8 Å². The second-order valence-electron chi connectivity index (χ2n) is 8.97. The van der Waals surface area contributed by atoms with Crippen molar-refractivity contribution in [3.8, 4) is 0 Å². The molecule has 6 nitrogen and oxygen atoms in total. The molecule has 1 aliphatic heterocycles. The van der Waals surface area contributed by atoms with Crippen molar-refractivity contribution in [2.24, 2.45) is 5.92 Å². The van der Waals surface area contributed by atoms with E-state index in [0.717, 1.165) is 55.7 Å². The van der Waals surface area contributed by atoms with E-state index < -0.39 is 0 Å². The number of pyridine rings is 1. The van der Waals surface area contributed by atoms with Crippen LogP contribution < -0.4 is 10.6 Å². The van der Waals surface area contributed by atoms with Gasteiger partial charge >= 0.3 is 0 Å². The first-order valence-electron chi connectivity index (χ1n) is 11.4. The number of hydrogen-bond donors (Lipinski definition) is 2. The number of carbonyl (C=O) groups excluding carboxylic acids is 2. The average Bonchev–Trinajstić information content (AvgIpc) is 3.23. The summed E-state index contributed by atoms with van der Waals surface area (Å²) >= 11 is 0. The molecule has 1 saturated heterocycles. The highest BCUT2D eigenvalue weighted by Gasteiger charge is 2.29. The van der Waals surface area contributed by atoms with Crippen molar-refractivity contribution in [2.45, 2.75) is 58.0 Å². The van der Waals surface area contributed by atoms with Crippen LogP contribution in [-0.2, 0) is 11.3 Å². The van der Waals surface area contributed by atoms with Crippen LogP contribution in [0.1, 0.15) is 60.0 Å². The average molecular weight is 421 g/mol. The molecule has 2 amide bonds. The summed E-state index contributed by atoms with van der Waals surface area (Å²) in [5.74, 6) is 0.148. The first-order chi connectivity index (χ1) is 15.1. The van der Waals surface area contributed by atoms with E-state index in [1.807, 2.05) is 31.2 Å². The van der Waals surface area contributed by atoms with Crippen LogP contribution in [0.25, 0.3) is 0 Å². The highest BCUT2D eigenvalue weighted by Crippen LogP contribution is 2.23. The van der Waals surface area contributed by atoms with Crippen molar-refractivity contribution < 1.29 is 9.59 Å². The molecule has 0 radical (unpaired) electrons. The minimum absolute atomic E-state index is 0.0821. The molecule has 6 heteroatoms. The zero-order valence-corrected chi connectivity index (χ0v) is 18.3. The fourth-order valence-electron chi connectivity index (χ4n) is 4.64. The van der Waals surface area contributed by atoms with Gasteiger partial charge in [0.15, 0.2) is 0 Å². The Morgan fingerprint density at radius 3 is 2.74 bits per heavy atom. The first kappa shape index (κ1) is 21.5. The molecule has 2 heterocycles. The fourth-order valence-corrected chi connectivity index (χ4v) is 4.64. The molecule has 0 bridgehead atoms. The second kappa shape index (κ2) is 10.1. The number of nitrogens with zero attached hydrogens (tertiary/aromatic N) is 2. The van der Waals surface area contributed by atoms with E-state index in [1.165, 1.54) is 19.3 Å². The Balaban J connectivity index is 1.30. The molecular formula is C25H32N4O2. The van der Waals surface area contributed by atoms with Crippen LogP contribution >= 0.6 is 0 Å². The monoisotopic (exact) mass is 420 g/mol. The number of aromatic nitrogens is 1. The number of carbonyl (C=O) groups is 2. The van der Waals surface area contributed by atoms with Crippen LogP contribution in [0.5, 0.6) is 0 Å². The third-order valence-corrected chi connectivity index (χ3v) is 6.32. The minimum atomic E-state index is -0.158. The summed E-state index contributed by atoms with van der Waals surface area (Å²) in [6.45, 7) is 4.42. The van der Waals surface area contributed by atoms with Gasteiger partial charge in [-0.05, 0) is 62.1 Å². The molecule has 1 aliphatic carbocycles. The number of anilines is 1. The Hall–Kier alpha value is -2.73. The van der Waals surface area contributed by atoms with E-state index >= 15 is 0 Å². The quantitative estimate of drug-likeness (QED) is 0.743. The Kier molecular flexibility index (Phi) is 6.97. The van der Waals surface area contributed by atoms with E-state index in [0.29, 0.717) is 11.6 Å². The summed E-state index contributed by atoms with van der Waals surface area (Å²) in [6, 6.07) is 10.1. The Labute approximate surface area is 184 Å². The van der Waals surface area contributed by atoms with E-state index in [1.54, 1.807) is 12.4 Å². The predicted molar refractivity (Wildman–Crippen MR) is 122 cm³/mol. The molecule has 2 aromatic rings. The Morgan fingerprint density at radius 1 is 1.10 bits per heavy atom. The molecule has 1 aromatic carbocycles. The zero-order valence-electron chi connectivity index (χ0n) is 18.3. The zero-order chi connectivity index (χ0) is 21.6. The van der Waals surface area contributed by atoms with Crippen LogP contribution in [-0.4, -0.2) is 40.8 Å². The maximum atomic E-state index is 12.7. The van der Waals surface area contributed by atoms with Gasteiger partial charge in [0.05, 0.1) is 11.5 Å². The standard InChI is InChI=1S/C25H32N4O2/c1-18-12-21(15-26-14-18)25(31)28-23-9-5-6-19(13-23)16-29-11-10-20(17-29)24(30)27-22-7-3-2-4-8-22/h5-6,9,12-15,20,22H,2-4,7-8,10-11,16-17H2,1H3,(H,27,30)(H,28,31). The number of likely N-dealkylation sites (tertiary alicyclic amines) is 1. The molecule has 1 unspecified atom stereocenters. The maximum Gasteiger partial charge on any atom is 0.257 e. The number of benzene rings is 1. The minimum Gasteiger partial charge on any atom is -0.353 e. The van der Waals surface area contributed by atoms with Gasteiger partial charge in [0.25, 0.3) is 5.91 Å². The summed E-state index contributed by atoms with van der Waals surface area (Å²) in [5.41, 5.74) is 3.41. The number of amides is 2. The van der Waals surface area contributed by atoms with Crippen LogP contribution in [0.4, 0.5) is 5.69 Å². The number of rotatable bonds is 6. The molecule has 2 N–H and O–H groups in total. The van der Waals surface area contributed by atoms with Crippen LogP contribution in [0.2, 0.25) is 0 Å². The third-order valence-electron chi connectivity index (χ3n) is 6.32. The molecule has 2 aliphatic rings. The molecule has 1 saturated carbocycles. The molecular weight excluding hydrogens is 388 g/mol. The summed E-state index contributed by atoms with van der Waals surface area (Å²) in [5, 5.41) is 6.24. The van der Waals surface area contributed by atoms with Crippen molar-refractivity contribution in [1.29, 1.82) is 0 Å². The van der Waals surface area contributed by atoms with E-state index in [2.05, 4.69) is 26.6 Å². The Morgan fingerprint density at radius 2 is 1.94 bits per heavy atom. The lowest BCUT2D eigenvalue weighted by Gasteiger charge is -2.24. The van der Waals surface area contributed by atoms with Crippen molar-refractivity contribution >= 4 is 17.5 Å². The third kappa shape index (κ3) is 5.91. The van der Waals surface area contributed by atoms with Crippen molar-refractivity contribution in [1.82, 2.24) is 15.2 Å². The van der Waals surface area contributed by atoms with Crippen molar-refractivity contribution in [3.63, 3.8) is 0 Å². The van der Waals surface area contributed by atoms with Gasteiger partial charge in [0.1, 0.15) is 0 Å². The molecule has 1 aromatic heterocycles. The lowest BCUT2D eigenvalue weighted by atomic mass is 9.95. The van der Waals surface area contributed by atoms with Crippen molar-refractivity contribution in [2.75, 3.05) is 18.4 Å². The van der Waals surface area contributed by atoms with Gasteiger partial charge in [0, 0.05) is 37.2 Å². The topological polar surface area (TPSA) is 74.3 Å². The summed E-state index contributed by atoms with van der Waals surface area (Å²) < 4.78 is 0. The van der Waals surface area contributed by atoms with Crippen LogP contribution in [0.15, 0.2) is 42.7 Å². The smallest absolute Gasteiger partial charge is 0.257 e. The molecule has 2 fully saturated rings. The summed E-state index contributed by atoms with van der Waals surface area (Å²) in [6.07, 6.45) is 10.2. The first-order valence-corrected chi connectivity index (χ1v) is 11.4. The van der Waals surface area contributed by atoms with Crippen LogP contribution in [0.3, 0.4) is 0 Å². The highest BCUT2D eigenvalue weighted by molar-refractivity contribution is 6.04. The van der Waals surface area contributed by atoms with Gasteiger partial charge in [-0.2, -0.15) is 0 Å².